The van der Waals surface area contributed by atoms with Crippen molar-refractivity contribution < 1.29 is 33.3 Å². The first-order chi connectivity index (χ1) is 14.5. The van der Waals surface area contributed by atoms with Crippen LogP contribution in [0.1, 0.15) is 31.4 Å². The zero-order chi connectivity index (χ0) is 21.0. The number of likely N-dealkylation sites (tertiary alicyclic amines) is 1. The topological polar surface area (TPSA) is 91.4 Å². The highest BCUT2D eigenvalue weighted by atomic mass is 16.7. The van der Waals surface area contributed by atoms with Gasteiger partial charge in [0.25, 0.3) is 0 Å². The number of carbonyl (C=O) groups is 3. The number of hydrogen-bond donors (Lipinski definition) is 0. The SMILES string of the molecule is CCOC(=O)Oc1ccc2c3c1O[C@H]1C(=O)C=C[C@@H]4[C@H](C2)N(C(=O)OCC)CC[C@]341. The van der Waals surface area contributed by atoms with Crippen LogP contribution in [0.3, 0.4) is 0 Å². The lowest BCUT2D eigenvalue weighted by atomic mass is 9.53. The highest BCUT2D eigenvalue weighted by Crippen LogP contribution is 2.62. The van der Waals surface area contributed by atoms with Gasteiger partial charge in [-0.05, 0) is 44.4 Å². The summed E-state index contributed by atoms with van der Waals surface area (Å²) < 4.78 is 21.7. The van der Waals surface area contributed by atoms with Crippen molar-refractivity contribution in [2.45, 2.75) is 44.2 Å². The van der Waals surface area contributed by atoms with Crippen LogP contribution in [0.2, 0.25) is 0 Å². The van der Waals surface area contributed by atoms with Crippen molar-refractivity contribution in [3.05, 3.63) is 35.4 Å². The summed E-state index contributed by atoms with van der Waals surface area (Å²) >= 11 is 0. The third-order valence-corrected chi connectivity index (χ3v) is 6.67. The van der Waals surface area contributed by atoms with Crippen LogP contribution < -0.4 is 9.47 Å². The number of carbonyl (C=O) groups excluding carboxylic acids is 3. The Morgan fingerprint density at radius 3 is 2.80 bits per heavy atom. The van der Waals surface area contributed by atoms with Crippen LogP contribution in [-0.4, -0.2) is 54.8 Å². The van der Waals surface area contributed by atoms with Crippen molar-refractivity contribution in [2.24, 2.45) is 5.92 Å². The first-order valence-corrected chi connectivity index (χ1v) is 10.3. The molecule has 2 heterocycles. The first-order valence-electron chi connectivity index (χ1n) is 10.3. The van der Waals surface area contributed by atoms with Crippen molar-refractivity contribution in [1.82, 2.24) is 4.90 Å². The molecule has 0 aromatic heterocycles. The molecule has 8 heteroatoms. The lowest BCUT2D eigenvalue weighted by Gasteiger charge is -2.55. The Bertz CT molecular complexity index is 970. The molecular weight excluding hydrogens is 390 g/mol. The third kappa shape index (κ3) is 2.42. The first kappa shape index (κ1) is 19.0. The number of hydrogen-bond acceptors (Lipinski definition) is 7. The second-order valence-electron chi connectivity index (χ2n) is 7.95. The number of benzene rings is 1. The van der Waals surface area contributed by atoms with Gasteiger partial charge in [-0.2, -0.15) is 0 Å². The zero-order valence-electron chi connectivity index (χ0n) is 16.9. The van der Waals surface area contributed by atoms with Crippen LogP contribution in [0.25, 0.3) is 0 Å². The Labute approximate surface area is 173 Å². The monoisotopic (exact) mass is 413 g/mol. The average Bonchev–Trinajstić information content (AvgIpc) is 3.06. The van der Waals surface area contributed by atoms with Crippen LogP contribution in [0.15, 0.2) is 24.3 Å². The molecule has 30 heavy (non-hydrogen) atoms. The van der Waals surface area contributed by atoms with Gasteiger partial charge in [0.15, 0.2) is 23.4 Å². The van der Waals surface area contributed by atoms with E-state index < -0.39 is 17.7 Å². The number of amides is 1. The van der Waals surface area contributed by atoms with Gasteiger partial charge in [0.05, 0.1) is 18.6 Å². The van der Waals surface area contributed by atoms with Crippen LogP contribution in [0.4, 0.5) is 9.59 Å². The lowest BCUT2D eigenvalue weighted by Crippen LogP contribution is -2.65. The van der Waals surface area contributed by atoms with E-state index in [4.69, 9.17) is 18.9 Å². The highest BCUT2D eigenvalue weighted by molar-refractivity contribution is 5.98. The summed E-state index contributed by atoms with van der Waals surface area (Å²) in [6.07, 6.45) is 2.81. The van der Waals surface area contributed by atoms with Gasteiger partial charge in [-0.25, -0.2) is 9.59 Å². The molecule has 2 aliphatic carbocycles. The largest absolute Gasteiger partial charge is 0.513 e. The molecule has 4 atom stereocenters. The van der Waals surface area contributed by atoms with E-state index in [9.17, 15) is 14.4 Å². The molecule has 158 valence electrons. The van der Waals surface area contributed by atoms with Crippen LogP contribution in [0, 0.1) is 5.92 Å². The zero-order valence-corrected chi connectivity index (χ0v) is 16.9. The number of rotatable bonds is 3. The number of ketones is 1. The summed E-state index contributed by atoms with van der Waals surface area (Å²) in [4.78, 5) is 39.1. The quantitative estimate of drug-likeness (QED) is 0.556. The fraction of sp³-hybridized carbons (Fsp3) is 0.500. The summed E-state index contributed by atoms with van der Waals surface area (Å²) in [5.41, 5.74) is 1.36. The standard InChI is InChI=1S/C22H23NO7/c1-3-27-20(25)23-10-9-22-13-6-7-15(24)19(22)30-18-16(29-21(26)28-4-2)8-5-12(17(18)22)11-14(13)23/h5-8,13-14,19H,3-4,9-11H2,1-2H3/t13-,14+,19+,22-/m1/s1. The van der Waals surface area contributed by atoms with E-state index >= 15 is 0 Å². The minimum atomic E-state index is -0.809. The van der Waals surface area contributed by atoms with E-state index in [0.717, 1.165) is 11.1 Å². The molecule has 0 N–H and O–H groups in total. The maximum atomic E-state index is 12.8. The van der Waals surface area contributed by atoms with Crippen molar-refractivity contribution in [3.63, 3.8) is 0 Å². The summed E-state index contributed by atoms with van der Waals surface area (Å²) in [6, 6.07) is 3.44. The minimum Gasteiger partial charge on any atom is -0.477 e. The normalized spacial score (nSPS) is 29.7. The predicted octanol–water partition coefficient (Wildman–Crippen LogP) is 2.76. The molecule has 0 unspecified atom stereocenters. The minimum absolute atomic E-state index is 0.0788. The van der Waals surface area contributed by atoms with E-state index in [1.54, 1.807) is 30.9 Å². The Morgan fingerprint density at radius 1 is 1.23 bits per heavy atom. The third-order valence-electron chi connectivity index (χ3n) is 6.67. The van der Waals surface area contributed by atoms with E-state index in [0.29, 0.717) is 31.7 Å². The van der Waals surface area contributed by atoms with Crippen molar-refractivity contribution >= 4 is 18.0 Å². The molecule has 4 aliphatic rings. The van der Waals surface area contributed by atoms with Gasteiger partial charge in [-0.15, -0.1) is 0 Å². The molecule has 1 aromatic rings. The Hall–Kier alpha value is -3.03. The summed E-state index contributed by atoms with van der Waals surface area (Å²) in [6.45, 7) is 4.47. The molecule has 1 amide bonds. The smallest absolute Gasteiger partial charge is 0.477 e. The van der Waals surface area contributed by atoms with Crippen LogP contribution >= 0.6 is 0 Å². The second kappa shape index (κ2) is 6.75. The Morgan fingerprint density at radius 2 is 2.03 bits per heavy atom. The summed E-state index contributed by atoms with van der Waals surface area (Å²) in [5, 5.41) is 0. The van der Waals surface area contributed by atoms with Gasteiger partial charge in [0.1, 0.15) is 0 Å². The number of ether oxygens (including phenoxy) is 4. The average molecular weight is 413 g/mol. The molecule has 2 aliphatic heterocycles. The fourth-order valence-corrected chi connectivity index (χ4v) is 5.64. The number of nitrogens with zero attached hydrogens (tertiary/aromatic N) is 1. The molecule has 1 spiro atoms. The van der Waals surface area contributed by atoms with Crippen molar-refractivity contribution in [1.29, 1.82) is 0 Å². The maximum Gasteiger partial charge on any atom is 0.513 e. The molecule has 8 nitrogen and oxygen atoms in total. The molecule has 5 rings (SSSR count). The maximum absolute atomic E-state index is 12.8. The van der Waals surface area contributed by atoms with Gasteiger partial charge in [0.2, 0.25) is 0 Å². The summed E-state index contributed by atoms with van der Waals surface area (Å²) in [5.74, 6) is 0.509. The van der Waals surface area contributed by atoms with Crippen molar-refractivity contribution in [3.8, 4) is 11.5 Å². The molecule has 0 saturated carbocycles. The Balaban J connectivity index is 1.62. The molecule has 1 fully saturated rings. The van der Waals surface area contributed by atoms with Gasteiger partial charge in [-0.3, -0.25) is 4.79 Å². The highest BCUT2D eigenvalue weighted by Gasteiger charge is 2.65. The molecule has 0 radical (unpaired) electrons. The van der Waals surface area contributed by atoms with E-state index in [1.165, 1.54) is 0 Å². The molecular formula is C22H23NO7. The molecule has 2 bridgehead atoms. The summed E-state index contributed by atoms with van der Waals surface area (Å²) in [7, 11) is 0. The predicted molar refractivity (Wildman–Crippen MR) is 104 cm³/mol. The Kier molecular flexibility index (Phi) is 4.27. The van der Waals surface area contributed by atoms with Gasteiger partial charge in [-0.1, -0.05) is 12.1 Å². The fourth-order valence-electron chi connectivity index (χ4n) is 5.64. The molecule has 1 aromatic carbocycles. The van der Waals surface area contributed by atoms with Crippen LogP contribution in [0.5, 0.6) is 11.5 Å². The van der Waals surface area contributed by atoms with Gasteiger partial charge in [0, 0.05) is 24.1 Å². The van der Waals surface area contributed by atoms with E-state index in [-0.39, 0.29) is 36.2 Å². The lowest BCUT2D eigenvalue weighted by molar-refractivity contribution is -0.127. The van der Waals surface area contributed by atoms with Gasteiger partial charge >= 0.3 is 12.2 Å². The van der Waals surface area contributed by atoms with Crippen molar-refractivity contribution in [2.75, 3.05) is 19.8 Å². The van der Waals surface area contributed by atoms with Crippen LogP contribution in [-0.2, 0) is 26.1 Å². The molecule has 1 saturated heterocycles. The second-order valence-corrected chi connectivity index (χ2v) is 7.95. The van der Waals surface area contributed by atoms with Gasteiger partial charge < -0.3 is 23.8 Å². The van der Waals surface area contributed by atoms with E-state index in [2.05, 4.69) is 0 Å². The van der Waals surface area contributed by atoms with E-state index in [1.807, 2.05) is 12.1 Å². The number of piperidine rings is 1.